The van der Waals surface area contributed by atoms with E-state index in [4.69, 9.17) is 0 Å². The summed E-state index contributed by atoms with van der Waals surface area (Å²) in [5, 5.41) is 0. The van der Waals surface area contributed by atoms with Crippen molar-refractivity contribution in [3.8, 4) is 0 Å². The Bertz CT molecular complexity index is 247. The van der Waals surface area contributed by atoms with Gasteiger partial charge in [0, 0.05) is 0 Å². The number of rotatable bonds is 0. The molecule has 1 atom stereocenters. The molecule has 0 saturated carbocycles. The molecule has 1 aliphatic rings. The number of alkyl halides is 6. The summed E-state index contributed by atoms with van der Waals surface area (Å²) in [6, 6.07) is 0. The highest BCUT2D eigenvalue weighted by Gasteiger charge is 2.82. The number of ether oxygens (including phenoxy) is 2. The van der Waals surface area contributed by atoms with Crippen LogP contribution in [0.1, 0.15) is 0 Å². The van der Waals surface area contributed by atoms with E-state index in [1.807, 2.05) is 0 Å². The van der Waals surface area contributed by atoms with Crippen molar-refractivity contribution in [3.05, 3.63) is 0 Å². The number of hydrogen-bond donors (Lipinski definition) is 0. The lowest BCUT2D eigenvalue weighted by atomic mass is 10.3. The van der Waals surface area contributed by atoms with Crippen LogP contribution >= 0.6 is 0 Å². The largest absolute Gasteiger partial charge is 0.516 e. The number of hydrogen-bond acceptors (Lipinski definition) is 3. The Kier molecular flexibility index (Phi) is 1.68. The van der Waals surface area contributed by atoms with Crippen molar-refractivity contribution in [1.29, 1.82) is 0 Å². The summed E-state index contributed by atoms with van der Waals surface area (Å²) >= 11 is 0. The van der Waals surface area contributed by atoms with E-state index in [0.717, 1.165) is 0 Å². The summed E-state index contributed by atoms with van der Waals surface area (Å²) in [5.74, 6) is -5.41. The lowest BCUT2D eigenvalue weighted by Crippen LogP contribution is -2.53. The zero-order valence-electron chi connectivity index (χ0n) is 5.49. The minimum Gasteiger partial charge on any atom is -0.379 e. The molecule has 13 heavy (non-hydrogen) atoms. The molecule has 0 spiro atoms. The van der Waals surface area contributed by atoms with Crippen LogP contribution in [-0.4, -0.2) is 24.3 Å². The first-order chi connectivity index (χ1) is 5.60. The fourth-order valence-electron chi connectivity index (χ4n) is 0.588. The number of halogens is 6. The minimum absolute atomic E-state index is 2.41. The summed E-state index contributed by atoms with van der Waals surface area (Å²) in [7, 11) is 0. The van der Waals surface area contributed by atoms with E-state index in [9.17, 15) is 31.1 Å². The normalized spacial score (nSPS) is 32.6. The van der Waals surface area contributed by atoms with E-state index < -0.39 is 24.3 Å². The van der Waals surface area contributed by atoms with E-state index in [0.29, 0.717) is 0 Å². The molecule has 0 unspecified atom stereocenters. The van der Waals surface area contributed by atoms with Gasteiger partial charge in [0.15, 0.2) is 0 Å². The second-order valence-electron chi connectivity index (χ2n) is 2.06. The van der Waals surface area contributed by atoms with Crippen molar-refractivity contribution in [1.82, 2.24) is 0 Å². The fourth-order valence-corrected chi connectivity index (χ4v) is 0.588. The van der Waals surface area contributed by atoms with Crippen molar-refractivity contribution >= 4 is 6.16 Å². The van der Waals surface area contributed by atoms with Gasteiger partial charge in [0.1, 0.15) is 0 Å². The molecule has 1 saturated heterocycles. The van der Waals surface area contributed by atoms with Gasteiger partial charge >= 0.3 is 24.3 Å². The van der Waals surface area contributed by atoms with Crippen LogP contribution in [0.3, 0.4) is 0 Å². The Hall–Kier alpha value is -1.15. The summed E-state index contributed by atoms with van der Waals surface area (Å²) in [4.78, 5) is 9.86. The highest BCUT2D eigenvalue weighted by Crippen LogP contribution is 2.50. The summed E-state index contributed by atoms with van der Waals surface area (Å²) in [5.41, 5.74) is 0. The molecule has 1 fully saturated rings. The average Bonchev–Trinajstić information content (AvgIpc) is 2.00. The lowest BCUT2D eigenvalue weighted by molar-refractivity contribution is -0.392. The van der Waals surface area contributed by atoms with Gasteiger partial charge in [-0.15, -0.1) is 0 Å². The number of carbonyl (C=O) groups excluding carboxylic acids is 1. The Morgan fingerprint density at radius 2 is 1.54 bits per heavy atom. The highest BCUT2D eigenvalue weighted by molar-refractivity contribution is 5.63. The second-order valence-corrected chi connectivity index (χ2v) is 2.06. The molecular weight excluding hydrogens is 210 g/mol. The molecule has 0 N–H and O–H groups in total. The van der Waals surface area contributed by atoms with Crippen molar-refractivity contribution in [3.63, 3.8) is 0 Å². The molecule has 0 amide bonds. The number of carbonyl (C=O) groups is 1. The van der Waals surface area contributed by atoms with Crippen LogP contribution in [0.5, 0.6) is 0 Å². The van der Waals surface area contributed by atoms with Crippen molar-refractivity contribution in [2.75, 3.05) is 0 Å². The first-order valence-corrected chi connectivity index (χ1v) is 2.65. The third-order valence-electron chi connectivity index (χ3n) is 1.17. The predicted molar refractivity (Wildman–Crippen MR) is 22.4 cm³/mol. The second kappa shape index (κ2) is 2.20. The predicted octanol–water partition coefficient (Wildman–Crippen LogP) is 1.97. The highest BCUT2D eigenvalue weighted by atomic mass is 19.4. The smallest absolute Gasteiger partial charge is 0.379 e. The summed E-state index contributed by atoms with van der Waals surface area (Å²) in [6.45, 7) is 0. The molecular formula is C4F6O3. The maximum Gasteiger partial charge on any atom is 0.516 e. The molecule has 0 aromatic heterocycles. The van der Waals surface area contributed by atoms with Crippen LogP contribution in [0.25, 0.3) is 0 Å². The molecule has 1 rings (SSSR count). The molecule has 1 heterocycles. The lowest BCUT2D eigenvalue weighted by Gasteiger charge is -2.22. The van der Waals surface area contributed by atoms with Gasteiger partial charge in [0.05, 0.1) is 0 Å². The minimum atomic E-state index is -6.05. The van der Waals surface area contributed by atoms with Crippen molar-refractivity contribution < 1.29 is 40.6 Å². The van der Waals surface area contributed by atoms with E-state index in [2.05, 4.69) is 9.47 Å². The van der Waals surface area contributed by atoms with Gasteiger partial charge in [-0.1, -0.05) is 0 Å². The van der Waals surface area contributed by atoms with E-state index in [-0.39, 0.29) is 0 Å². The summed E-state index contributed by atoms with van der Waals surface area (Å²) < 4.78 is 76.8. The Balaban J connectivity index is 3.10. The molecule has 0 bridgehead atoms. The van der Waals surface area contributed by atoms with Crippen LogP contribution in [0.4, 0.5) is 31.1 Å². The van der Waals surface area contributed by atoms with Crippen molar-refractivity contribution in [2.45, 2.75) is 18.1 Å². The van der Waals surface area contributed by atoms with E-state index in [1.54, 1.807) is 0 Å². The molecule has 0 radical (unpaired) electrons. The Morgan fingerprint density at radius 3 is 1.69 bits per heavy atom. The third-order valence-corrected chi connectivity index (χ3v) is 1.17. The first-order valence-electron chi connectivity index (χ1n) is 2.65. The molecule has 9 heteroatoms. The topological polar surface area (TPSA) is 35.5 Å². The van der Waals surface area contributed by atoms with Gasteiger partial charge in [0.2, 0.25) is 0 Å². The molecule has 1 aliphatic heterocycles. The quantitative estimate of drug-likeness (QED) is 0.453. The van der Waals surface area contributed by atoms with Gasteiger partial charge in [-0.2, -0.15) is 26.3 Å². The maximum atomic E-state index is 12.4. The van der Waals surface area contributed by atoms with Crippen LogP contribution in [0.2, 0.25) is 0 Å². The maximum absolute atomic E-state index is 12.4. The van der Waals surface area contributed by atoms with Gasteiger partial charge in [-0.3, -0.25) is 0 Å². The average molecular weight is 210 g/mol. The van der Waals surface area contributed by atoms with Gasteiger partial charge in [-0.05, 0) is 0 Å². The van der Waals surface area contributed by atoms with Gasteiger partial charge in [-0.25, -0.2) is 4.79 Å². The molecule has 3 nitrogen and oxygen atoms in total. The summed E-state index contributed by atoms with van der Waals surface area (Å²) in [6.07, 6.45) is -13.8. The fraction of sp³-hybridized carbons (Fsp3) is 0.750. The Morgan fingerprint density at radius 1 is 1.08 bits per heavy atom. The molecule has 0 aliphatic carbocycles. The van der Waals surface area contributed by atoms with Gasteiger partial charge < -0.3 is 9.47 Å². The third kappa shape index (κ3) is 1.18. The number of cyclic esters (lactones) is 2. The molecule has 0 aromatic carbocycles. The van der Waals surface area contributed by atoms with Crippen LogP contribution < -0.4 is 0 Å². The zero-order valence-corrected chi connectivity index (χ0v) is 5.49. The molecule has 0 aromatic rings. The molecule has 76 valence electrons. The SMILES string of the molecule is O=C1OC(F)(F)[C@](F)(C(F)(F)F)O1. The first kappa shape index (κ1) is 9.93. The standard InChI is InChI=1S/C4F6O3/c5-2(3(6,7)8)4(9,10)13-1(11)12-2/t2-/m0/s1. The van der Waals surface area contributed by atoms with Crippen LogP contribution in [0.15, 0.2) is 0 Å². The monoisotopic (exact) mass is 210 g/mol. The van der Waals surface area contributed by atoms with E-state index >= 15 is 0 Å². The van der Waals surface area contributed by atoms with Gasteiger partial charge in [0.25, 0.3) is 0 Å². The van der Waals surface area contributed by atoms with Crippen molar-refractivity contribution in [2.24, 2.45) is 0 Å². The van der Waals surface area contributed by atoms with Crippen LogP contribution in [0, 0.1) is 0 Å². The van der Waals surface area contributed by atoms with E-state index in [1.165, 1.54) is 0 Å². The zero-order chi connectivity index (χ0) is 10.5. The van der Waals surface area contributed by atoms with Crippen LogP contribution in [-0.2, 0) is 9.47 Å². The Labute approximate surface area is 66.2 Å².